The number of aromatic nitrogens is 3. The molecule has 0 fully saturated rings. The molecule has 5 heteroatoms. The van der Waals surface area contributed by atoms with Gasteiger partial charge in [-0.1, -0.05) is 80.3 Å². The van der Waals surface area contributed by atoms with Crippen LogP contribution in [0.25, 0.3) is 45.0 Å². The first kappa shape index (κ1) is 31.7. The summed E-state index contributed by atoms with van der Waals surface area (Å²) in [4.78, 5) is 14.0. The Kier molecular flexibility index (Phi) is 11.0. The van der Waals surface area contributed by atoms with Gasteiger partial charge in [0, 0.05) is 34.6 Å². The molecule has 3 aromatic heterocycles. The standard InChI is InChI=1S/C42H41N3O2/c1-32-15-6-7-18-37(32)40-21-13-20-39(45-40)33-23-25-36(26-24-33)46-29-10-4-2-3-5-11-30-47-41-22-14-28-44-42(41)35-17-12-16-34(31-35)38-19-8-9-27-43-38/h6-9,12-28,31H,2-5,10-11,29-30H2,1H3. The van der Waals surface area contributed by atoms with Crippen LogP contribution in [0, 0.1) is 6.92 Å². The SMILES string of the molecule is Cc1ccccc1-c1cccc(-c2ccc(OCCCCCCCCOc3cccnc3-c3cccc(-c4ccccn4)c3)cc2)n1. The van der Waals surface area contributed by atoms with Crippen molar-refractivity contribution in [2.24, 2.45) is 0 Å². The topological polar surface area (TPSA) is 57.1 Å². The molecule has 3 heterocycles. The van der Waals surface area contributed by atoms with Crippen LogP contribution in [-0.4, -0.2) is 28.2 Å². The van der Waals surface area contributed by atoms with Crippen LogP contribution in [0.5, 0.6) is 11.5 Å². The monoisotopic (exact) mass is 619 g/mol. The lowest BCUT2D eigenvalue weighted by Gasteiger charge is -2.12. The zero-order chi connectivity index (χ0) is 32.1. The van der Waals surface area contributed by atoms with E-state index < -0.39 is 0 Å². The van der Waals surface area contributed by atoms with Gasteiger partial charge in [0.25, 0.3) is 0 Å². The summed E-state index contributed by atoms with van der Waals surface area (Å²) < 4.78 is 12.2. The molecule has 0 aliphatic heterocycles. The molecule has 47 heavy (non-hydrogen) atoms. The zero-order valence-corrected chi connectivity index (χ0v) is 27.0. The molecule has 6 rings (SSSR count). The molecule has 0 aliphatic rings. The minimum atomic E-state index is 0.684. The highest BCUT2D eigenvalue weighted by Gasteiger charge is 2.10. The molecule has 0 radical (unpaired) electrons. The van der Waals surface area contributed by atoms with E-state index in [0.717, 1.165) is 83.3 Å². The van der Waals surface area contributed by atoms with Crippen molar-refractivity contribution < 1.29 is 9.47 Å². The Bertz CT molecular complexity index is 1850. The predicted octanol–water partition coefficient (Wildman–Crippen LogP) is 10.6. The van der Waals surface area contributed by atoms with Gasteiger partial charge < -0.3 is 9.47 Å². The molecule has 3 aromatic carbocycles. The number of ether oxygens (including phenoxy) is 2. The smallest absolute Gasteiger partial charge is 0.145 e. The Balaban J connectivity index is 0.881. The first-order valence-electron chi connectivity index (χ1n) is 16.6. The number of rotatable bonds is 15. The van der Waals surface area contributed by atoms with Gasteiger partial charge in [0.1, 0.15) is 17.2 Å². The van der Waals surface area contributed by atoms with Crippen LogP contribution < -0.4 is 9.47 Å². The van der Waals surface area contributed by atoms with Crippen molar-refractivity contribution in [3.8, 4) is 56.5 Å². The summed E-state index contributed by atoms with van der Waals surface area (Å²) in [6.07, 6.45) is 10.4. The van der Waals surface area contributed by atoms with Gasteiger partial charge in [0.2, 0.25) is 0 Å². The summed E-state index contributed by atoms with van der Waals surface area (Å²) in [6.45, 7) is 3.54. The molecule has 0 saturated carbocycles. The van der Waals surface area contributed by atoms with Gasteiger partial charge in [0.05, 0.1) is 30.3 Å². The molecule has 0 spiro atoms. The molecule has 236 valence electrons. The van der Waals surface area contributed by atoms with E-state index in [1.54, 1.807) is 0 Å². The predicted molar refractivity (Wildman–Crippen MR) is 191 cm³/mol. The van der Waals surface area contributed by atoms with E-state index in [-0.39, 0.29) is 0 Å². The number of nitrogens with zero attached hydrogens (tertiary/aromatic N) is 3. The number of aryl methyl sites for hydroxylation is 1. The van der Waals surface area contributed by atoms with Gasteiger partial charge in [-0.2, -0.15) is 0 Å². The van der Waals surface area contributed by atoms with Gasteiger partial charge in [-0.05, 0) is 92.1 Å². The van der Waals surface area contributed by atoms with Crippen molar-refractivity contribution in [3.63, 3.8) is 0 Å². The van der Waals surface area contributed by atoms with Crippen molar-refractivity contribution in [2.75, 3.05) is 13.2 Å². The second kappa shape index (κ2) is 16.3. The average Bonchev–Trinajstić information content (AvgIpc) is 3.13. The van der Waals surface area contributed by atoms with Crippen LogP contribution in [-0.2, 0) is 0 Å². The number of unbranched alkanes of at least 4 members (excludes halogenated alkanes) is 5. The Morgan fingerprint density at radius 1 is 0.489 bits per heavy atom. The minimum absolute atomic E-state index is 0.684. The molecule has 5 nitrogen and oxygen atoms in total. The second-order valence-corrected chi connectivity index (χ2v) is 11.7. The van der Waals surface area contributed by atoms with E-state index in [2.05, 4.69) is 89.7 Å². The van der Waals surface area contributed by atoms with E-state index >= 15 is 0 Å². The quantitative estimate of drug-likeness (QED) is 0.107. The summed E-state index contributed by atoms with van der Waals surface area (Å²) in [5.74, 6) is 1.72. The number of benzene rings is 3. The highest BCUT2D eigenvalue weighted by molar-refractivity contribution is 5.73. The maximum atomic E-state index is 6.20. The Labute approximate surface area is 278 Å². The lowest BCUT2D eigenvalue weighted by atomic mass is 10.0. The van der Waals surface area contributed by atoms with Crippen molar-refractivity contribution in [3.05, 3.63) is 139 Å². The molecular formula is C42H41N3O2. The molecule has 0 aliphatic carbocycles. The lowest BCUT2D eigenvalue weighted by Crippen LogP contribution is -2.00. The van der Waals surface area contributed by atoms with Crippen molar-refractivity contribution in [2.45, 2.75) is 45.4 Å². The maximum Gasteiger partial charge on any atom is 0.145 e. The Hall–Kier alpha value is -5.29. The summed E-state index contributed by atoms with van der Waals surface area (Å²) in [6, 6.07) is 41.0. The fraction of sp³-hybridized carbons (Fsp3) is 0.214. The molecule has 0 bridgehead atoms. The van der Waals surface area contributed by atoms with Crippen LogP contribution >= 0.6 is 0 Å². The van der Waals surface area contributed by atoms with E-state index in [0.29, 0.717) is 6.61 Å². The maximum absolute atomic E-state index is 6.20. The molecule has 0 atom stereocenters. The lowest BCUT2D eigenvalue weighted by molar-refractivity contribution is 0.297. The van der Waals surface area contributed by atoms with Crippen LogP contribution in [0.3, 0.4) is 0 Å². The normalized spacial score (nSPS) is 10.9. The molecule has 6 aromatic rings. The number of hydrogen-bond donors (Lipinski definition) is 0. The fourth-order valence-electron chi connectivity index (χ4n) is 5.69. The van der Waals surface area contributed by atoms with Crippen LogP contribution in [0.1, 0.15) is 44.1 Å². The highest BCUT2D eigenvalue weighted by atomic mass is 16.5. The average molecular weight is 620 g/mol. The molecule has 0 saturated heterocycles. The Morgan fingerprint density at radius 2 is 1.17 bits per heavy atom. The molecule has 0 unspecified atom stereocenters. The van der Waals surface area contributed by atoms with Gasteiger partial charge in [-0.3, -0.25) is 9.97 Å². The number of pyridine rings is 3. The first-order chi connectivity index (χ1) is 23.2. The molecule has 0 N–H and O–H groups in total. The summed E-state index contributed by atoms with van der Waals surface area (Å²) >= 11 is 0. The fourth-order valence-corrected chi connectivity index (χ4v) is 5.69. The van der Waals surface area contributed by atoms with Crippen LogP contribution in [0.4, 0.5) is 0 Å². The summed E-state index contributed by atoms with van der Waals surface area (Å²) in [7, 11) is 0. The highest BCUT2D eigenvalue weighted by Crippen LogP contribution is 2.31. The third-order valence-electron chi connectivity index (χ3n) is 8.25. The second-order valence-electron chi connectivity index (χ2n) is 11.7. The van der Waals surface area contributed by atoms with Crippen LogP contribution in [0.2, 0.25) is 0 Å². The zero-order valence-electron chi connectivity index (χ0n) is 27.0. The summed E-state index contributed by atoms with van der Waals surface area (Å²) in [5, 5.41) is 0. The van der Waals surface area contributed by atoms with E-state index in [1.807, 2.05) is 60.9 Å². The minimum Gasteiger partial charge on any atom is -0.494 e. The largest absolute Gasteiger partial charge is 0.494 e. The van der Waals surface area contributed by atoms with Gasteiger partial charge in [0.15, 0.2) is 0 Å². The van der Waals surface area contributed by atoms with E-state index in [9.17, 15) is 0 Å². The van der Waals surface area contributed by atoms with Gasteiger partial charge >= 0.3 is 0 Å². The van der Waals surface area contributed by atoms with Gasteiger partial charge in [-0.15, -0.1) is 0 Å². The molecular weight excluding hydrogens is 578 g/mol. The van der Waals surface area contributed by atoms with E-state index in [4.69, 9.17) is 14.5 Å². The van der Waals surface area contributed by atoms with Gasteiger partial charge in [-0.25, -0.2) is 4.98 Å². The van der Waals surface area contributed by atoms with Crippen LogP contribution in [0.15, 0.2) is 134 Å². The van der Waals surface area contributed by atoms with Crippen molar-refractivity contribution in [1.82, 2.24) is 15.0 Å². The third-order valence-corrected chi connectivity index (χ3v) is 8.25. The summed E-state index contributed by atoms with van der Waals surface area (Å²) in [5.41, 5.74) is 9.35. The third kappa shape index (κ3) is 8.71. The Morgan fingerprint density at radius 3 is 1.98 bits per heavy atom. The van der Waals surface area contributed by atoms with E-state index in [1.165, 1.54) is 24.0 Å². The first-order valence-corrected chi connectivity index (χ1v) is 16.6. The molecule has 0 amide bonds. The van der Waals surface area contributed by atoms with Crippen molar-refractivity contribution in [1.29, 1.82) is 0 Å². The number of hydrogen-bond acceptors (Lipinski definition) is 5. The van der Waals surface area contributed by atoms with Crippen molar-refractivity contribution >= 4 is 0 Å².